The van der Waals surface area contributed by atoms with Crippen LogP contribution in [-0.2, 0) is 4.74 Å². The molecule has 4 heteroatoms. The Kier molecular flexibility index (Phi) is 4.03. The summed E-state index contributed by atoms with van der Waals surface area (Å²) in [5.41, 5.74) is 1.35. The van der Waals surface area contributed by atoms with Crippen LogP contribution in [0.25, 0.3) is 11.9 Å². The Morgan fingerprint density at radius 2 is 1.95 bits per heavy atom. The first-order valence-electron chi connectivity index (χ1n) is 5.67. The summed E-state index contributed by atoms with van der Waals surface area (Å²) in [6.07, 6.45) is 2.90. The van der Waals surface area contributed by atoms with Crippen molar-refractivity contribution in [3.8, 4) is 0 Å². The van der Waals surface area contributed by atoms with E-state index in [9.17, 15) is 9.18 Å². The molecule has 19 heavy (non-hydrogen) atoms. The van der Waals surface area contributed by atoms with Crippen LogP contribution in [0.2, 0.25) is 0 Å². The lowest BCUT2D eigenvalue weighted by Gasteiger charge is -2.00. The highest BCUT2D eigenvalue weighted by molar-refractivity contribution is 5.89. The Balaban J connectivity index is 2.22. The van der Waals surface area contributed by atoms with Gasteiger partial charge in [-0.25, -0.2) is 9.18 Å². The van der Waals surface area contributed by atoms with Gasteiger partial charge in [0.25, 0.3) is 0 Å². The molecule has 3 nitrogen and oxygen atoms in total. The molecule has 1 aromatic carbocycles. The lowest BCUT2D eigenvalue weighted by atomic mass is 10.1. The summed E-state index contributed by atoms with van der Waals surface area (Å²) < 4.78 is 18.4. The van der Waals surface area contributed by atoms with Gasteiger partial charge in [-0.1, -0.05) is 18.2 Å². The molecule has 0 radical (unpaired) electrons. The van der Waals surface area contributed by atoms with E-state index in [2.05, 4.69) is 9.72 Å². The van der Waals surface area contributed by atoms with Crippen molar-refractivity contribution in [2.75, 3.05) is 7.11 Å². The largest absolute Gasteiger partial charge is 0.465 e. The van der Waals surface area contributed by atoms with Crippen molar-refractivity contribution in [3.63, 3.8) is 0 Å². The number of methoxy groups -OCH3 is 1. The van der Waals surface area contributed by atoms with E-state index in [1.54, 1.807) is 42.5 Å². The van der Waals surface area contributed by atoms with Crippen molar-refractivity contribution in [2.45, 2.75) is 0 Å². The minimum atomic E-state index is -0.425. The van der Waals surface area contributed by atoms with Gasteiger partial charge in [0, 0.05) is 6.20 Å². The summed E-state index contributed by atoms with van der Waals surface area (Å²) in [7, 11) is 1.32. The molecule has 0 bridgehead atoms. The summed E-state index contributed by atoms with van der Waals surface area (Å²) in [5.74, 6) is -0.841. The third-order valence-electron chi connectivity index (χ3n) is 2.53. The number of ether oxygens (including phenoxy) is 1. The third-order valence-corrected chi connectivity index (χ3v) is 2.53. The molecule has 0 fully saturated rings. The summed E-state index contributed by atoms with van der Waals surface area (Å²) in [6, 6.07) is 11.5. The third kappa shape index (κ3) is 3.25. The van der Waals surface area contributed by atoms with Gasteiger partial charge in [0.05, 0.1) is 18.4 Å². The molecular formula is C15H12FNO2. The van der Waals surface area contributed by atoms with Crippen molar-refractivity contribution in [1.82, 2.24) is 4.98 Å². The van der Waals surface area contributed by atoms with Crippen molar-refractivity contribution >= 4 is 17.9 Å². The van der Waals surface area contributed by atoms with Crippen molar-refractivity contribution in [1.29, 1.82) is 0 Å². The highest BCUT2D eigenvalue weighted by atomic mass is 19.1. The second-order valence-electron chi connectivity index (χ2n) is 3.82. The van der Waals surface area contributed by atoms with Gasteiger partial charge in [0.1, 0.15) is 5.83 Å². The summed E-state index contributed by atoms with van der Waals surface area (Å²) >= 11 is 0. The number of pyridine rings is 1. The molecule has 0 aliphatic heterocycles. The first kappa shape index (κ1) is 13.0. The number of hydrogen-bond acceptors (Lipinski definition) is 3. The van der Waals surface area contributed by atoms with Gasteiger partial charge in [0.2, 0.25) is 0 Å². The van der Waals surface area contributed by atoms with E-state index in [1.807, 2.05) is 0 Å². The molecule has 0 saturated carbocycles. The molecule has 1 aromatic heterocycles. The number of halogens is 1. The average molecular weight is 257 g/mol. The molecule has 0 amide bonds. The van der Waals surface area contributed by atoms with E-state index >= 15 is 0 Å². The molecule has 0 atom stereocenters. The van der Waals surface area contributed by atoms with Crippen molar-refractivity contribution in [2.24, 2.45) is 0 Å². The quantitative estimate of drug-likeness (QED) is 0.792. The predicted octanol–water partition coefficient (Wildman–Crippen LogP) is 3.34. The van der Waals surface area contributed by atoms with Crippen LogP contribution in [0.15, 0.2) is 48.7 Å². The highest BCUT2D eigenvalue weighted by Gasteiger charge is 2.05. The lowest BCUT2D eigenvalue weighted by Crippen LogP contribution is -2.00. The van der Waals surface area contributed by atoms with Gasteiger partial charge in [-0.3, -0.25) is 4.98 Å². The number of esters is 1. The van der Waals surface area contributed by atoms with Crippen molar-refractivity contribution < 1.29 is 13.9 Å². The van der Waals surface area contributed by atoms with Crippen LogP contribution in [0, 0.1) is 0 Å². The maximum Gasteiger partial charge on any atom is 0.337 e. The summed E-state index contributed by atoms with van der Waals surface area (Å²) in [6.45, 7) is 0. The molecule has 0 saturated heterocycles. The SMILES string of the molecule is COC(=O)c1ccc(C=C(F)c2ccccn2)cc1. The maximum absolute atomic E-state index is 13.9. The zero-order valence-electron chi connectivity index (χ0n) is 10.3. The fraction of sp³-hybridized carbons (Fsp3) is 0.0667. The highest BCUT2D eigenvalue weighted by Crippen LogP contribution is 2.17. The second-order valence-corrected chi connectivity index (χ2v) is 3.82. The maximum atomic E-state index is 13.9. The van der Waals surface area contributed by atoms with E-state index in [1.165, 1.54) is 19.4 Å². The van der Waals surface area contributed by atoms with Crippen LogP contribution in [0.4, 0.5) is 4.39 Å². The first-order valence-corrected chi connectivity index (χ1v) is 5.67. The molecule has 0 unspecified atom stereocenters. The number of hydrogen-bond donors (Lipinski definition) is 0. The normalized spacial score (nSPS) is 11.2. The van der Waals surface area contributed by atoms with Gasteiger partial charge >= 0.3 is 5.97 Å². The monoisotopic (exact) mass is 257 g/mol. The molecule has 2 aromatic rings. The molecule has 0 spiro atoms. The smallest absolute Gasteiger partial charge is 0.337 e. The Hall–Kier alpha value is -2.49. The summed E-state index contributed by atoms with van der Waals surface area (Å²) in [4.78, 5) is 15.2. The van der Waals surface area contributed by atoms with Gasteiger partial charge in [0.15, 0.2) is 0 Å². The van der Waals surface area contributed by atoms with Crippen LogP contribution in [0.1, 0.15) is 21.6 Å². The van der Waals surface area contributed by atoms with E-state index < -0.39 is 11.8 Å². The Morgan fingerprint density at radius 1 is 1.21 bits per heavy atom. The van der Waals surface area contributed by atoms with Crippen LogP contribution in [0.3, 0.4) is 0 Å². The second kappa shape index (κ2) is 5.91. The van der Waals surface area contributed by atoms with Gasteiger partial charge < -0.3 is 4.74 Å². The molecule has 1 heterocycles. The predicted molar refractivity (Wildman–Crippen MR) is 71.0 cm³/mol. The topological polar surface area (TPSA) is 39.2 Å². The van der Waals surface area contributed by atoms with E-state index in [-0.39, 0.29) is 5.69 Å². The molecule has 0 aliphatic carbocycles. The van der Waals surface area contributed by atoms with Gasteiger partial charge in [-0.2, -0.15) is 0 Å². The number of rotatable bonds is 3. The molecule has 96 valence electrons. The number of carbonyl (C=O) groups is 1. The molecular weight excluding hydrogens is 245 g/mol. The zero-order chi connectivity index (χ0) is 13.7. The number of benzene rings is 1. The van der Waals surface area contributed by atoms with E-state index in [0.717, 1.165) is 0 Å². The Bertz CT molecular complexity index is 591. The minimum absolute atomic E-state index is 0.277. The van der Waals surface area contributed by atoms with Crippen molar-refractivity contribution in [3.05, 3.63) is 65.5 Å². The van der Waals surface area contributed by atoms with Gasteiger partial charge in [-0.05, 0) is 35.9 Å². The fourth-order valence-electron chi connectivity index (χ4n) is 1.56. The Morgan fingerprint density at radius 3 is 2.53 bits per heavy atom. The van der Waals surface area contributed by atoms with Gasteiger partial charge in [-0.15, -0.1) is 0 Å². The molecule has 0 aliphatic rings. The standard InChI is InChI=1S/C15H12FNO2/c1-19-15(18)12-7-5-11(6-8-12)10-13(16)14-4-2-3-9-17-14/h2-10H,1H3. The first-order chi connectivity index (χ1) is 9.20. The molecule has 2 rings (SSSR count). The van der Waals surface area contributed by atoms with Crippen LogP contribution < -0.4 is 0 Å². The summed E-state index contributed by atoms with van der Waals surface area (Å²) in [5, 5.41) is 0. The van der Waals surface area contributed by atoms with E-state index in [4.69, 9.17) is 0 Å². The molecule has 0 N–H and O–H groups in total. The lowest BCUT2D eigenvalue weighted by molar-refractivity contribution is 0.0601. The van der Waals surface area contributed by atoms with Crippen LogP contribution in [-0.4, -0.2) is 18.1 Å². The average Bonchev–Trinajstić information content (AvgIpc) is 2.48. The minimum Gasteiger partial charge on any atom is -0.465 e. The Labute approximate surface area is 110 Å². The number of aromatic nitrogens is 1. The van der Waals surface area contributed by atoms with E-state index in [0.29, 0.717) is 11.1 Å². The zero-order valence-corrected chi connectivity index (χ0v) is 10.3. The fourth-order valence-corrected chi connectivity index (χ4v) is 1.56. The van der Waals surface area contributed by atoms with Crippen LogP contribution in [0.5, 0.6) is 0 Å². The number of nitrogens with zero attached hydrogens (tertiary/aromatic N) is 1. The van der Waals surface area contributed by atoms with Crippen LogP contribution >= 0.6 is 0 Å². The number of carbonyl (C=O) groups excluding carboxylic acids is 1.